The lowest BCUT2D eigenvalue weighted by atomic mass is 9.87. The number of piperidine rings is 2. The van der Waals surface area contributed by atoms with Crippen LogP contribution in [-0.4, -0.2) is 80.9 Å². The summed E-state index contributed by atoms with van der Waals surface area (Å²) in [6.45, 7) is 12.6. The number of rotatable bonds is 9. The minimum atomic E-state index is -0.393. The summed E-state index contributed by atoms with van der Waals surface area (Å²) in [6, 6.07) is 25.8. The van der Waals surface area contributed by atoms with Crippen LogP contribution in [0.2, 0.25) is 0 Å². The average molecular weight is 802 g/mol. The van der Waals surface area contributed by atoms with Crippen molar-refractivity contribution in [2.24, 2.45) is 7.05 Å². The lowest BCUT2D eigenvalue weighted by molar-refractivity contribution is -0.134. The molecule has 6 heterocycles. The number of hydrogen-bond acceptors (Lipinski definition) is 11. The van der Waals surface area contributed by atoms with E-state index in [-0.39, 0.29) is 17.9 Å². The molecule has 2 N–H and O–H groups in total. The van der Waals surface area contributed by atoms with Gasteiger partial charge < -0.3 is 15.1 Å². The Bertz CT molecular complexity index is 2650. The standard InChI is InChI=1S/C47H51N11O2/c1-29-35(26-48)8-6-10-37(29)30(2)50-46-40-25-43(49-27-41(40)31(3)52-53-46)58-21-19-57(20-22-58)36-9-5-7-32(23-36)28-56-17-15-33(16-18-56)34-11-12-38-42(24-34)55(4)54-45(38)39-13-14-44(59)51-47(39)60/h5-12,23-25,27,30,33,39H,13-22,28H2,1-4H3,(H,50,53)(H,51,59,60). The van der Waals surface area contributed by atoms with Gasteiger partial charge in [-0.2, -0.15) is 15.5 Å². The monoisotopic (exact) mass is 801 g/mol. The van der Waals surface area contributed by atoms with E-state index in [1.165, 1.54) is 16.8 Å². The topological polar surface area (TPSA) is 148 Å². The van der Waals surface area contributed by atoms with E-state index in [1.807, 2.05) is 43.9 Å². The van der Waals surface area contributed by atoms with Crippen molar-refractivity contribution in [2.45, 2.75) is 70.9 Å². The molecule has 3 aromatic heterocycles. The summed E-state index contributed by atoms with van der Waals surface area (Å²) in [7, 11) is 1.94. The van der Waals surface area contributed by atoms with Crippen LogP contribution in [0, 0.1) is 25.2 Å². The zero-order valence-electron chi connectivity index (χ0n) is 34.8. The second-order valence-corrected chi connectivity index (χ2v) is 16.7. The minimum absolute atomic E-state index is 0.0696. The maximum absolute atomic E-state index is 12.6. The number of anilines is 3. The number of amides is 2. The summed E-state index contributed by atoms with van der Waals surface area (Å²) in [6.07, 6.45) is 4.95. The van der Waals surface area contributed by atoms with Crippen molar-refractivity contribution in [3.8, 4) is 6.07 Å². The third-order valence-corrected chi connectivity index (χ3v) is 13.0. The summed E-state index contributed by atoms with van der Waals surface area (Å²) in [5.74, 6) is 1.27. The van der Waals surface area contributed by atoms with Gasteiger partial charge in [-0.15, -0.1) is 5.10 Å². The van der Waals surface area contributed by atoms with Gasteiger partial charge >= 0.3 is 0 Å². The van der Waals surface area contributed by atoms with Crippen molar-refractivity contribution in [2.75, 3.05) is 54.4 Å². The number of likely N-dealkylation sites (tertiary alicyclic amines) is 1. The Morgan fingerprint density at radius 3 is 2.45 bits per heavy atom. The van der Waals surface area contributed by atoms with Gasteiger partial charge in [0, 0.05) is 74.2 Å². The fraction of sp³-hybridized carbons (Fsp3) is 0.383. The third kappa shape index (κ3) is 7.63. The van der Waals surface area contributed by atoms with Gasteiger partial charge in [-0.05, 0) is 112 Å². The van der Waals surface area contributed by atoms with Crippen LogP contribution in [0.5, 0.6) is 0 Å². The maximum Gasteiger partial charge on any atom is 0.235 e. The summed E-state index contributed by atoms with van der Waals surface area (Å²) < 4.78 is 1.88. The number of imide groups is 1. The second kappa shape index (κ2) is 16.3. The van der Waals surface area contributed by atoms with Gasteiger partial charge in [0.2, 0.25) is 11.8 Å². The number of fused-ring (bicyclic) bond motifs is 2. The Kier molecular flexibility index (Phi) is 10.6. The maximum atomic E-state index is 12.6. The van der Waals surface area contributed by atoms with Crippen LogP contribution < -0.4 is 20.4 Å². The zero-order valence-corrected chi connectivity index (χ0v) is 34.8. The van der Waals surface area contributed by atoms with Crippen molar-refractivity contribution in [1.29, 1.82) is 5.26 Å². The summed E-state index contributed by atoms with van der Waals surface area (Å²) in [5, 5.41) is 32.3. The molecule has 0 spiro atoms. The molecule has 3 aromatic carbocycles. The number of carbonyl (C=O) groups excluding carboxylic acids is 2. The van der Waals surface area contributed by atoms with E-state index in [4.69, 9.17) is 10.1 Å². The molecule has 13 nitrogen and oxygen atoms in total. The van der Waals surface area contributed by atoms with E-state index in [2.05, 4.69) is 103 Å². The van der Waals surface area contributed by atoms with Crippen LogP contribution in [0.4, 0.5) is 17.3 Å². The van der Waals surface area contributed by atoms with E-state index in [0.717, 1.165) is 109 Å². The second-order valence-electron chi connectivity index (χ2n) is 16.7. The molecule has 0 radical (unpaired) electrons. The van der Waals surface area contributed by atoms with Gasteiger partial charge in [-0.1, -0.05) is 36.4 Å². The van der Waals surface area contributed by atoms with Crippen LogP contribution in [0.15, 0.2) is 72.9 Å². The first-order valence-corrected chi connectivity index (χ1v) is 21.1. The Hall–Kier alpha value is -6.39. The molecule has 3 fully saturated rings. The van der Waals surface area contributed by atoms with Gasteiger partial charge in [0.15, 0.2) is 5.82 Å². The van der Waals surface area contributed by atoms with E-state index < -0.39 is 5.92 Å². The molecule has 0 aliphatic carbocycles. The molecule has 0 bridgehead atoms. The number of piperazine rings is 1. The Morgan fingerprint density at radius 2 is 1.67 bits per heavy atom. The molecule has 3 saturated heterocycles. The number of carbonyl (C=O) groups is 2. The van der Waals surface area contributed by atoms with Gasteiger partial charge in [0.05, 0.1) is 40.5 Å². The molecule has 9 rings (SSSR count). The highest BCUT2D eigenvalue weighted by Gasteiger charge is 2.32. The van der Waals surface area contributed by atoms with Crippen molar-refractivity contribution in [3.05, 3.63) is 112 Å². The normalized spacial score (nSPS) is 18.5. The predicted molar refractivity (Wildman–Crippen MR) is 234 cm³/mol. The largest absolute Gasteiger partial charge is 0.368 e. The van der Waals surface area contributed by atoms with Crippen molar-refractivity contribution in [1.82, 2.24) is 35.2 Å². The van der Waals surface area contributed by atoms with Gasteiger partial charge in [-0.25, -0.2) is 4.98 Å². The van der Waals surface area contributed by atoms with Gasteiger partial charge in [-0.3, -0.25) is 24.5 Å². The Balaban J connectivity index is 0.813. The highest BCUT2D eigenvalue weighted by molar-refractivity contribution is 6.02. The predicted octanol–water partition coefficient (Wildman–Crippen LogP) is 6.80. The molecule has 3 aliphatic rings. The minimum Gasteiger partial charge on any atom is -0.368 e. The molecule has 60 heavy (non-hydrogen) atoms. The van der Waals surface area contributed by atoms with Crippen LogP contribution in [-0.2, 0) is 23.2 Å². The Labute approximate surface area is 350 Å². The number of aryl methyl sites for hydroxylation is 2. The molecular weight excluding hydrogens is 751 g/mol. The van der Waals surface area contributed by atoms with Crippen molar-refractivity contribution < 1.29 is 9.59 Å². The fourth-order valence-corrected chi connectivity index (χ4v) is 9.46. The smallest absolute Gasteiger partial charge is 0.235 e. The lowest BCUT2D eigenvalue weighted by Gasteiger charge is -2.37. The summed E-state index contributed by atoms with van der Waals surface area (Å²) in [5.41, 5.74) is 9.27. The number of pyridine rings is 1. The zero-order chi connectivity index (χ0) is 41.5. The van der Waals surface area contributed by atoms with E-state index in [0.29, 0.717) is 30.1 Å². The van der Waals surface area contributed by atoms with Crippen LogP contribution in [0.25, 0.3) is 21.7 Å². The number of hydrogen-bond donors (Lipinski definition) is 2. The average Bonchev–Trinajstić information content (AvgIpc) is 3.59. The lowest BCUT2D eigenvalue weighted by Crippen LogP contribution is -2.46. The SMILES string of the molecule is Cc1c(C#N)cccc1C(C)Nc1nnc(C)c2cnc(N3CCN(c4cccc(CN5CCC(c6ccc7c(C8CCC(=O)NC8=O)nn(C)c7c6)CC5)c4)CC3)cc12. The Morgan fingerprint density at radius 1 is 0.883 bits per heavy atom. The number of nitrogens with zero attached hydrogens (tertiary/aromatic N) is 9. The highest BCUT2D eigenvalue weighted by Crippen LogP contribution is 2.36. The molecule has 2 unspecified atom stereocenters. The number of benzene rings is 3. The van der Waals surface area contributed by atoms with Gasteiger partial charge in [0.25, 0.3) is 0 Å². The molecule has 2 atom stereocenters. The van der Waals surface area contributed by atoms with Crippen molar-refractivity contribution >= 4 is 50.8 Å². The van der Waals surface area contributed by atoms with E-state index >= 15 is 0 Å². The van der Waals surface area contributed by atoms with E-state index in [1.54, 1.807) is 0 Å². The number of aromatic nitrogens is 5. The quantitative estimate of drug-likeness (QED) is 0.149. The third-order valence-electron chi connectivity index (χ3n) is 13.0. The van der Waals surface area contributed by atoms with E-state index in [9.17, 15) is 14.9 Å². The molecular formula is C47H51N11O2. The fourth-order valence-electron chi connectivity index (χ4n) is 9.46. The first-order valence-electron chi connectivity index (χ1n) is 21.1. The van der Waals surface area contributed by atoms with Gasteiger partial charge in [0.1, 0.15) is 5.82 Å². The van der Waals surface area contributed by atoms with Crippen LogP contribution in [0.1, 0.15) is 89.7 Å². The molecule has 2 amide bonds. The first-order chi connectivity index (χ1) is 29.1. The summed E-state index contributed by atoms with van der Waals surface area (Å²) in [4.78, 5) is 36.6. The van der Waals surface area contributed by atoms with Crippen LogP contribution >= 0.6 is 0 Å². The molecule has 13 heteroatoms. The molecule has 306 valence electrons. The molecule has 3 aliphatic heterocycles. The first kappa shape index (κ1) is 39.1. The molecule has 0 saturated carbocycles. The van der Waals surface area contributed by atoms with Crippen molar-refractivity contribution in [3.63, 3.8) is 0 Å². The number of nitriles is 1. The van der Waals surface area contributed by atoms with Crippen LogP contribution in [0.3, 0.4) is 0 Å². The number of nitrogens with one attached hydrogen (secondary N) is 2. The molecule has 6 aromatic rings. The highest BCUT2D eigenvalue weighted by atomic mass is 16.2. The summed E-state index contributed by atoms with van der Waals surface area (Å²) >= 11 is 0.